The monoisotopic (exact) mass is 295 g/mol. The molecule has 0 fully saturated rings. The summed E-state index contributed by atoms with van der Waals surface area (Å²) in [5.41, 5.74) is 8.08. The Morgan fingerprint density at radius 1 is 0.696 bits per heavy atom. The van der Waals surface area contributed by atoms with Gasteiger partial charge in [-0.05, 0) is 17.2 Å². The molecule has 108 valence electrons. The van der Waals surface area contributed by atoms with Gasteiger partial charge in [-0.2, -0.15) is 0 Å². The lowest BCUT2D eigenvalue weighted by atomic mass is 9.94. The molecule has 0 unspecified atom stereocenters. The van der Waals surface area contributed by atoms with Crippen LogP contribution in [0.25, 0.3) is 11.1 Å². The molecule has 0 aromatic heterocycles. The molecule has 0 N–H and O–H groups in total. The smallest absolute Gasteiger partial charge is 0.194 e. The zero-order valence-corrected chi connectivity index (χ0v) is 12.4. The van der Waals surface area contributed by atoms with E-state index in [2.05, 4.69) is 12.1 Å². The first-order chi connectivity index (χ1) is 11.3. The molecule has 0 radical (unpaired) electrons. The van der Waals surface area contributed by atoms with Gasteiger partial charge in [0.25, 0.3) is 0 Å². The molecular weight excluding hydrogens is 282 g/mol. The normalized spacial score (nSPS) is 14.3. The third-order valence-corrected chi connectivity index (χ3v) is 4.67. The molecule has 0 bridgehead atoms. The molecule has 0 atom stereocenters. The van der Waals surface area contributed by atoms with Gasteiger partial charge in [0, 0.05) is 28.7 Å². The van der Waals surface area contributed by atoms with Gasteiger partial charge in [-0.15, -0.1) is 0 Å². The van der Waals surface area contributed by atoms with Crippen molar-refractivity contribution in [2.45, 2.75) is 6.42 Å². The molecule has 5 rings (SSSR count). The predicted octanol–water partition coefficient (Wildman–Crippen LogP) is 4.57. The first-order valence-corrected chi connectivity index (χ1v) is 7.76. The third kappa shape index (κ3) is 1.69. The average molecular weight is 295 g/mol. The highest BCUT2D eigenvalue weighted by atomic mass is 16.1. The summed E-state index contributed by atoms with van der Waals surface area (Å²) in [6.07, 6.45) is 0.822. The summed E-state index contributed by atoms with van der Waals surface area (Å²) in [6.45, 7) is 0. The maximum absolute atomic E-state index is 12.6. The Morgan fingerprint density at radius 3 is 2.26 bits per heavy atom. The zero-order chi connectivity index (χ0) is 15.4. The first kappa shape index (κ1) is 12.5. The molecule has 23 heavy (non-hydrogen) atoms. The van der Waals surface area contributed by atoms with E-state index in [1.54, 1.807) is 0 Å². The fourth-order valence-electron chi connectivity index (χ4n) is 3.61. The van der Waals surface area contributed by atoms with Gasteiger partial charge < -0.3 is 0 Å². The molecule has 2 aliphatic rings. The van der Waals surface area contributed by atoms with Crippen LogP contribution in [-0.2, 0) is 6.42 Å². The van der Waals surface area contributed by atoms with Crippen LogP contribution in [0.5, 0.6) is 0 Å². The number of hydrogen-bond acceptors (Lipinski definition) is 2. The number of benzene rings is 3. The van der Waals surface area contributed by atoms with Crippen molar-refractivity contribution in [3.8, 4) is 11.1 Å². The second-order valence-electron chi connectivity index (χ2n) is 5.97. The SMILES string of the molecule is O=C1c2ccccc2-c2c1cccc2C1=Nc2ccccc2C1. The summed E-state index contributed by atoms with van der Waals surface area (Å²) in [5, 5.41) is 0. The molecule has 0 saturated heterocycles. The summed E-state index contributed by atoms with van der Waals surface area (Å²) in [4.78, 5) is 17.4. The lowest BCUT2D eigenvalue weighted by Crippen LogP contribution is -2.04. The van der Waals surface area contributed by atoms with Gasteiger partial charge in [-0.25, -0.2) is 0 Å². The van der Waals surface area contributed by atoms with Crippen molar-refractivity contribution in [2.24, 2.45) is 4.99 Å². The van der Waals surface area contributed by atoms with Crippen LogP contribution in [0.1, 0.15) is 27.0 Å². The highest BCUT2D eigenvalue weighted by Gasteiger charge is 2.30. The molecule has 3 aromatic rings. The van der Waals surface area contributed by atoms with Crippen molar-refractivity contribution in [3.05, 3.63) is 89.0 Å². The number of carbonyl (C=O) groups is 1. The molecule has 3 aromatic carbocycles. The quantitative estimate of drug-likeness (QED) is 0.505. The van der Waals surface area contributed by atoms with Crippen LogP contribution in [0.4, 0.5) is 5.69 Å². The fourth-order valence-corrected chi connectivity index (χ4v) is 3.61. The topological polar surface area (TPSA) is 29.4 Å². The number of nitrogens with zero attached hydrogens (tertiary/aromatic N) is 1. The Hall–Kier alpha value is -3.00. The summed E-state index contributed by atoms with van der Waals surface area (Å²) in [7, 11) is 0. The lowest BCUT2D eigenvalue weighted by molar-refractivity contribution is 0.104. The van der Waals surface area contributed by atoms with Gasteiger partial charge in [0.15, 0.2) is 5.78 Å². The molecule has 0 saturated carbocycles. The van der Waals surface area contributed by atoms with Crippen LogP contribution < -0.4 is 0 Å². The number of rotatable bonds is 1. The van der Waals surface area contributed by atoms with E-state index in [1.165, 1.54) is 5.56 Å². The lowest BCUT2D eigenvalue weighted by Gasteiger charge is -2.08. The van der Waals surface area contributed by atoms with Gasteiger partial charge in [0.05, 0.1) is 11.4 Å². The highest BCUT2D eigenvalue weighted by Crippen LogP contribution is 2.40. The minimum Gasteiger partial charge on any atom is -0.289 e. The molecule has 1 aliphatic heterocycles. The van der Waals surface area contributed by atoms with Crippen molar-refractivity contribution >= 4 is 17.2 Å². The largest absolute Gasteiger partial charge is 0.289 e. The number of fused-ring (bicyclic) bond motifs is 4. The molecule has 1 aliphatic carbocycles. The van der Waals surface area contributed by atoms with Gasteiger partial charge in [0.2, 0.25) is 0 Å². The average Bonchev–Trinajstić information content (AvgIpc) is 3.15. The highest BCUT2D eigenvalue weighted by molar-refractivity contribution is 6.25. The van der Waals surface area contributed by atoms with Gasteiger partial charge >= 0.3 is 0 Å². The Balaban J connectivity index is 1.74. The van der Waals surface area contributed by atoms with Crippen LogP contribution in [0, 0.1) is 0 Å². The van der Waals surface area contributed by atoms with Crippen LogP contribution in [-0.4, -0.2) is 11.5 Å². The van der Waals surface area contributed by atoms with Crippen molar-refractivity contribution in [2.75, 3.05) is 0 Å². The summed E-state index contributed by atoms with van der Waals surface area (Å²) < 4.78 is 0. The summed E-state index contributed by atoms with van der Waals surface area (Å²) >= 11 is 0. The van der Waals surface area contributed by atoms with Crippen molar-refractivity contribution in [3.63, 3.8) is 0 Å². The zero-order valence-electron chi connectivity index (χ0n) is 12.4. The van der Waals surface area contributed by atoms with E-state index in [0.29, 0.717) is 0 Å². The van der Waals surface area contributed by atoms with Crippen LogP contribution in [0.3, 0.4) is 0 Å². The van der Waals surface area contributed by atoms with Crippen molar-refractivity contribution in [1.82, 2.24) is 0 Å². The Kier molecular flexibility index (Phi) is 2.45. The number of aliphatic imine (C=N–C) groups is 1. The van der Waals surface area contributed by atoms with Gasteiger partial charge in [0.1, 0.15) is 0 Å². The second kappa shape index (κ2) is 4.50. The van der Waals surface area contributed by atoms with E-state index in [4.69, 9.17) is 4.99 Å². The van der Waals surface area contributed by atoms with E-state index < -0.39 is 0 Å². The molecule has 2 nitrogen and oxygen atoms in total. The number of hydrogen-bond donors (Lipinski definition) is 0. The molecule has 0 spiro atoms. The number of ketones is 1. The molecule has 0 amide bonds. The standard InChI is InChI=1S/C21H13NO/c23-21-15-8-3-2-7-14(15)20-16(9-5-10-17(20)21)19-12-13-6-1-4-11-18(13)22-19/h1-11H,12H2. The van der Waals surface area contributed by atoms with Gasteiger partial charge in [-0.1, -0.05) is 60.7 Å². The number of para-hydroxylation sites is 1. The minimum atomic E-state index is 0.119. The molecule has 2 heteroatoms. The summed E-state index contributed by atoms with van der Waals surface area (Å²) in [6, 6.07) is 22.0. The Labute approximate surface area is 134 Å². The van der Waals surface area contributed by atoms with E-state index >= 15 is 0 Å². The minimum absolute atomic E-state index is 0.119. The van der Waals surface area contributed by atoms with Crippen LogP contribution >= 0.6 is 0 Å². The van der Waals surface area contributed by atoms with E-state index in [9.17, 15) is 4.79 Å². The van der Waals surface area contributed by atoms with E-state index in [-0.39, 0.29) is 5.78 Å². The fraction of sp³-hybridized carbons (Fsp3) is 0.0476. The van der Waals surface area contributed by atoms with Crippen LogP contribution in [0.2, 0.25) is 0 Å². The predicted molar refractivity (Wildman–Crippen MR) is 91.7 cm³/mol. The Morgan fingerprint density at radius 2 is 1.39 bits per heavy atom. The third-order valence-electron chi connectivity index (χ3n) is 4.67. The molecular formula is C21H13NO. The van der Waals surface area contributed by atoms with E-state index in [1.807, 2.05) is 54.6 Å². The first-order valence-electron chi connectivity index (χ1n) is 7.76. The van der Waals surface area contributed by atoms with E-state index in [0.717, 1.165) is 45.6 Å². The van der Waals surface area contributed by atoms with Crippen LogP contribution in [0.15, 0.2) is 71.7 Å². The number of carbonyl (C=O) groups excluding carboxylic acids is 1. The van der Waals surface area contributed by atoms with Gasteiger partial charge in [-0.3, -0.25) is 9.79 Å². The maximum atomic E-state index is 12.6. The van der Waals surface area contributed by atoms with Crippen molar-refractivity contribution < 1.29 is 4.79 Å². The van der Waals surface area contributed by atoms with Crippen molar-refractivity contribution in [1.29, 1.82) is 0 Å². The Bertz CT molecular complexity index is 1010. The second-order valence-corrected chi connectivity index (χ2v) is 5.97. The maximum Gasteiger partial charge on any atom is 0.194 e. The molecule has 1 heterocycles. The summed E-state index contributed by atoms with van der Waals surface area (Å²) in [5.74, 6) is 0.119.